The molecular formula is C21H20F2N4O3. The van der Waals surface area contributed by atoms with Gasteiger partial charge >= 0.3 is 5.97 Å². The normalized spacial score (nSPS) is 16.8. The minimum atomic E-state index is -1.43. The van der Waals surface area contributed by atoms with Gasteiger partial charge in [-0.05, 0) is 30.7 Å². The molecule has 1 aliphatic heterocycles. The van der Waals surface area contributed by atoms with Crippen LogP contribution in [0.25, 0.3) is 10.9 Å². The zero-order chi connectivity index (χ0) is 21.4. The SMILES string of the molecule is CCn1cc(C(=O)O)c(=O)c2cc(F)c(N3CCNC(c4ccncc4)C3)c(F)c21. The zero-order valence-corrected chi connectivity index (χ0v) is 16.2. The summed E-state index contributed by atoms with van der Waals surface area (Å²) in [7, 11) is 0. The van der Waals surface area contributed by atoms with Gasteiger partial charge in [0.05, 0.1) is 10.9 Å². The molecule has 3 aromatic rings. The van der Waals surface area contributed by atoms with Gasteiger partial charge in [-0.2, -0.15) is 0 Å². The van der Waals surface area contributed by atoms with Crippen molar-refractivity contribution in [2.75, 3.05) is 24.5 Å². The van der Waals surface area contributed by atoms with Gasteiger partial charge < -0.3 is 19.9 Å². The highest BCUT2D eigenvalue weighted by molar-refractivity contribution is 5.93. The maximum absolute atomic E-state index is 15.6. The predicted octanol–water partition coefficient (Wildman–Crippen LogP) is 2.54. The summed E-state index contributed by atoms with van der Waals surface area (Å²) in [4.78, 5) is 29.5. The Morgan fingerprint density at radius 1 is 1.33 bits per heavy atom. The lowest BCUT2D eigenvalue weighted by Gasteiger charge is -2.36. The number of piperazine rings is 1. The van der Waals surface area contributed by atoms with Crippen molar-refractivity contribution in [3.05, 3.63) is 69.8 Å². The first-order chi connectivity index (χ1) is 14.4. The number of anilines is 1. The van der Waals surface area contributed by atoms with Crippen molar-refractivity contribution in [2.45, 2.75) is 19.5 Å². The standard InChI is InChI=1S/C21H20F2N4O3/c1-2-26-10-14(21(29)30)20(28)13-9-15(22)19(17(23)18(13)26)27-8-7-25-16(11-27)12-3-5-24-6-4-12/h3-6,9-10,16,25H,2,7-8,11H2,1H3,(H,29,30). The molecule has 0 bridgehead atoms. The summed E-state index contributed by atoms with van der Waals surface area (Å²) in [6.07, 6.45) is 4.43. The van der Waals surface area contributed by atoms with Gasteiger partial charge in [0, 0.05) is 50.8 Å². The summed E-state index contributed by atoms with van der Waals surface area (Å²) in [5, 5.41) is 12.3. The van der Waals surface area contributed by atoms with Crippen LogP contribution in [0.5, 0.6) is 0 Å². The molecule has 1 saturated heterocycles. The van der Waals surface area contributed by atoms with Crippen molar-refractivity contribution >= 4 is 22.6 Å². The van der Waals surface area contributed by atoms with E-state index in [0.29, 0.717) is 19.6 Å². The third-order valence-corrected chi connectivity index (χ3v) is 5.40. The lowest BCUT2D eigenvalue weighted by molar-refractivity contribution is 0.0695. The molecular weight excluding hydrogens is 394 g/mol. The number of benzene rings is 1. The van der Waals surface area contributed by atoms with E-state index in [9.17, 15) is 14.7 Å². The quantitative estimate of drug-likeness (QED) is 0.682. The molecule has 1 atom stereocenters. The van der Waals surface area contributed by atoms with Gasteiger partial charge in [0.1, 0.15) is 17.1 Å². The van der Waals surface area contributed by atoms with E-state index < -0.39 is 28.6 Å². The van der Waals surface area contributed by atoms with Gasteiger partial charge in [-0.25, -0.2) is 13.6 Å². The summed E-state index contributed by atoms with van der Waals surface area (Å²) in [5.74, 6) is -3.19. The van der Waals surface area contributed by atoms with Gasteiger partial charge in [-0.1, -0.05) is 0 Å². The Morgan fingerprint density at radius 3 is 2.73 bits per heavy atom. The second kappa shape index (κ2) is 7.83. The average molecular weight is 414 g/mol. The second-order valence-corrected chi connectivity index (χ2v) is 7.11. The summed E-state index contributed by atoms with van der Waals surface area (Å²) < 4.78 is 32.0. The molecule has 1 unspecified atom stereocenters. The van der Waals surface area contributed by atoms with Crippen molar-refractivity contribution in [1.82, 2.24) is 14.9 Å². The number of aromatic nitrogens is 2. The summed E-state index contributed by atoms with van der Waals surface area (Å²) in [6, 6.07) is 4.49. The van der Waals surface area contributed by atoms with Crippen LogP contribution in [0, 0.1) is 11.6 Å². The Labute approximate surface area is 170 Å². The fourth-order valence-electron chi connectivity index (χ4n) is 3.94. The molecule has 2 N–H and O–H groups in total. The van der Waals surface area contributed by atoms with E-state index in [0.717, 1.165) is 17.8 Å². The topological polar surface area (TPSA) is 87.5 Å². The molecule has 7 nitrogen and oxygen atoms in total. The molecule has 0 spiro atoms. The Hall–Kier alpha value is -3.33. The first-order valence-corrected chi connectivity index (χ1v) is 9.59. The van der Waals surface area contributed by atoms with E-state index in [2.05, 4.69) is 10.3 Å². The van der Waals surface area contributed by atoms with Crippen molar-refractivity contribution in [3.8, 4) is 0 Å². The van der Waals surface area contributed by atoms with Crippen LogP contribution in [0.4, 0.5) is 14.5 Å². The summed E-state index contributed by atoms with van der Waals surface area (Å²) in [6.45, 7) is 3.14. The zero-order valence-electron chi connectivity index (χ0n) is 16.2. The monoisotopic (exact) mass is 414 g/mol. The average Bonchev–Trinajstić information content (AvgIpc) is 2.75. The Bertz CT molecular complexity index is 1180. The van der Waals surface area contributed by atoms with Crippen LogP contribution in [0.2, 0.25) is 0 Å². The number of hydrogen-bond donors (Lipinski definition) is 2. The van der Waals surface area contributed by atoms with Gasteiger partial charge in [-0.3, -0.25) is 9.78 Å². The Kier molecular flexibility index (Phi) is 5.21. The molecule has 3 heterocycles. The maximum Gasteiger partial charge on any atom is 0.341 e. The van der Waals surface area contributed by atoms with Crippen LogP contribution in [-0.2, 0) is 6.54 Å². The minimum Gasteiger partial charge on any atom is -0.477 e. The van der Waals surface area contributed by atoms with Gasteiger partial charge in [0.2, 0.25) is 5.43 Å². The molecule has 0 radical (unpaired) electrons. The minimum absolute atomic E-state index is 0.0945. The Balaban J connectivity index is 1.85. The molecule has 0 saturated carbocycles. The summed E-state index contributed by atoms with van der Waals surface area (Å²) >= 11 is 0. The Morgan fingerprint density at radius 2 is 2.07 bits per heavy atom. The number of carbonyl (C=O) groups is 1. The molecule has 4 rings (SSSR count). The smallest absolute Gasteiger partial charge is 0.341 e. The fraction of sp³-hybridized carbons (Fsp3) is 0.286. The molecule has 30 heavy (non-hydrogen) atoms. The van der Waals surface area contributed by atoms with Crippen molar-refractivity contribution in [1.29, 1.82) is 0 Å². The molecule has 0 aliphatic carbocycles. The van der Waals surface area contributed by atoms with E-state index in [-0.39, 0.29) is 29.2 Å². The van der Waals surface area contributed by atoms with Gasteiger partial charge in [0.25, 0.3) is 0 Å². The number of aryl methyl sites for hydroxylation is 1. The third-order valence-electron chi connectivity index (χ3n) is 5.40. The van der Waals surface area contributed by atoms with E-state index in [1.165, 1.54) is 4.57 Å². The van der Waals surface area contributed by atoms with Crippen LogP contribution in [0.15, 0.2) is 41.6 Å². The number of fused-ring (bicyclic) bond motifs is 1. The van der Waals surface area contributed by atoms with Crippen molar-refractivity contribution in [2.24, 2.45) is 0 Å². The number of pyridine rings is 2. The van der Waals surface area contributed by atoms with Crippen LogP contribution >= 0.6 is 0 Å². The largest absolute Gasteiger partial charge is 0.477 e. The number of hydrogen-bond acceptors (Lipinski definition) is 5. The number of nitrogens with one attached hydrogen (secondary N) is 1. The second-order valence-electron chi connectivity index (χ2n) is 7.11. The highest BCUT2D eigenvalue weighted by atomic mass is 19.1. The van der Waals surface area contributed by atoms with E-state index in [1.807, 2.05) is 12.1 Å². The lowest BCUT2D eigenvalue weighted by atomic mass is 10.0. The number of halogens is 2. The molecule has 0 amide bonds. The van der Waals surface area contributed by atoms with Gasteiger partial charge in [-0.15, -0.1) is 0 Å². The van der Waals surface area contributed by atoms with E-state index in [1.54, 1.807) is 24.2 Å². The van der Waals surface area contributed by atoms with Crippen LogP contribution in [-0.4, -0.2) is 40.3 Å². The third kappa shape index (κ3) is 3.30. The van der Waals surface area contributed by atoms with Gasteiger partial charge in [0.15, 0.2) is 5.82 Å². The molecule has 1 aliphatic rings. The fourth-order valence-corrected chi connectivity index (χ4v) is 3.94. The molecule has 156 valence electrons. The maximum atomic E-state index is 15.6. The first-order valence-electron chi connectivity index (χ1n) is 9.59. The molecule has 1 fully saturated rings. The van der Waals surface area contributed by atoms with E-state index in [4.69, 9.17) is 0 Å². The highest BCUT2D eigenvalue weighted by Gasteiger charge is 2.28. The lowest BCUT2D eigenvalue weighted by Crippen LogP contribution is -2.46. The first kappa shape index (κ1) is 20.0. The molecule has 1 aromatic carbocycles. The van der Waals surface area contributed by atoms with E-state index >= 15 is 8.78 Å². The summed E-state index contributed by atoms with van der Waals surface area (Å²) in [5.41, 5.74) is -0.777. The molecule has 2 aromatic heterocycles. The van der Waals surface area contributed by atoms with Crippen LogP contribution in [0.3, 0.4) is 0 Å². The number of nitrogens with zero attached hydrogens (tertiary/aromatic N) is 3. The van der Waals surface area contributed by atoms with Crippen LogP contribution in [0.1, 0.15) is 28.9 Å². The number of carboxylic acid groups (broad SMARTS) is 1. The number of rotatable bonds is 4. The number of aromatic carboxylic acids is 1. The van der Waals surface area contributed by atoms with Crippen LogP contribution < -0.4 is 15.6 Å². The highest BCUT2D eigenvalue weighted by Crippen LogP contribution is 2.32. The van der Waals surface area contributed by atoms with Crippen molar-refractivity contribution < 1.29 is 18.7 Å². The predicted molar refractivity (Wildman–Crippen MR) is 108 cm³/mol. The molecule has 9 heteroatoms. The number of carboxylic acids is 1. The van der Waals surface area contributed by atoms with Crippen molar-refractivity contribution in [3.63, 3.8) is 0 Å².